The number of hydrogen-bond donors (Lipinski definition) is 2. The molecule has 1 heterocycles. The van der Waals surface area contributed by atoms with Crippen LogP contribution in [0.3, 0.4) is 0 Å². The molecule has 2 rings (SSSR count). The van der Waals surface area contributed by atoms with Gasteiger partial charge in [-0.25, -0.2) is 0 Å². The van der Waals surface area contributed by atoms with Crippen LogP contribution in [0.15, 0.2) is 24.3 Å². The first-order chi connectivity index (χ1) is 9.45. The molecule has 2 N–H and O–H groups in total. The minimum atomic E-state index is -0.837. The Morgan fingerprint density at radius 1 is 1.30 bits per heavy atom. The fraction of sp³-hybridized carbons (Fsp3) is 0.467. The third-order valence-corrected chi connectivity index (χ3v) is 3.65. The number of rotatable bonds is 4. The van der Waals surface area contributed by atoms with Crippen LogP contribution in [0, 0.1) is 6.92 Å². The summed E-state index contributed by atoms with van der Waals surface area (Å²) < 4.78 is 0. The lowest BCUT2D eigenvalue weighted by molar-refractivity contribution is -0.138. The number of benzene rings is 1. The van der Waals surface area contributed by atoms with Crippen molar-refractivity contribution in [3.63, 3.8) is 0 Å². The molecule has 1 aromatic carbocycles. The summed E-state index contributed by atoms with van der Waals surface area (Å²) in [7, 11) is 0. The van der Waals surface area contributed by atoms with Gasteiger partial charge in [-0.05, 0) is 12.5 Å². The van der Waals surface area contributed by atoms with E-state index >= 15 is 0 Å². The summed E-state index contributed by atoms with van der Waals surface area (Å²) in [6, 6.07) is 8.16. The molecule has 0 bridgehead atoms. The molecule has 0 spiro atoms. The van der Waals surface area contributed by atoms with Gasteiger partial charge >= 0.3 is 5.97 Å². The fourth-order valence-corrected chi connectivity index (χ4v) is 2.76. The maximum Gasteiger partial charge on any atom is 0.317 e. The number of aliphatic carboxylic acids is 1. The Morgan fingerprint density at radius 3 is 2.50 bits per heavy atom. The van der Waals surface area contributed by atoms with Crippen molar-refractivity contribution in [2.75, 3.05) is 19.6 Å². The van der Waals surface area contributed by atoms with Crippen molar-refractivity contribution in [3.8, 4) is 0 Å². The van der Waals surface area contributed by atoms with Crippen molar-refractivity contribution >= 4 is 11.9 Å². The van der Waals surface area contributed by atoms with Gasteiger partial charge in [0.25, 0.3) is 0 Å². The Hall–Kier alpha value is -1.88. The molecule has 0 unspecified atom stereocenters. The summed E-state index contributed by atoms with van der Waals surface area (Å²) in [6.45, 7) is 4.76. The van der Waals surface area contributed by atoms with Gasteiger partial charge in [0.1, 0.15) is 0 Å². The number of carbonyl (C=O) groups is 2. The van der Waals surface area contributed by atoms with Gasteiger partial charge in [-0.2, -0.15) is 0 Å². The van der Waals surface area contributed by atoms with Crippen LogP contribution < -0.4 is 5.32 Å². The normalized spacial score (nSPS) is 22.7. The van der Waals surface area contributed by atoms with Crippen LogP contribution >= 0.6 is 0 Å². The van der Waals surface area contributed by atoms with Crippen molar-refractivity contribution in [1.82, 2.24) is 10.2 Å². The van der Waals surface area contributed by atoms with E-state index in [1.54, 1.807) is 0 Å². The van der Waals surface area contributed by atoms with E-state index in [0.29, 0.717) is 13.1 Å². The van der Waals surface area contributed by atoms with Gasteiger partial charge in [0.05, 0.1) is 6.54 Å². The predicted molar refractivity (Wildman–Crippen MR) is 75.6 cm³/mol. The standard InChI is InChI=1S/C15H20N2O3/c1-10-3-5-12(6-4-10)13-7-17(9-15(19)20)8-14(13)16-11(2)18/h3-6,13-14H,7-9H2,1-2H3,(H,16,18)(H,19,20)/t13-,14+/m0/s1. The van der Waals surface area contributed by atoms with E-state index in [9.17, 15) is 9.59 Å². The van der Waals surface area contributed by atoms with Gasteiger partial charge in [0, 0.05) is 32.0 Å². The number of carbonyl (C=O) groups excluding carboxylic acids is 1. The molecule has 0 radical (unpaired) electrons. The zero-order valence-corrected chi connectivity index (χ0v) is 11.8. The Bertz CT molecular complexity index is 498. The van der Waals surface area contributed by atoms with E-state index < -0.39 is 5.97 Å². The molecule has 0 aliphatic carbocycles. The number of carboxylic acids is 1. The third kappa shape index (κ3) is 3.57. The van der Waals surface area contributed by atoms with Crippen LogP contribution in [0.1, 0.15) is 24.0 Å². The highest BCUT2D eigenvalue weighted by molar-refractivity contribution is 5.73. The molecule has 20 heavy (non-hydrogen) atoms. The topological polar surface area (TPSA) is 69.6 Å². The smallest absolute Gasteiger partial charge is 0.317 e. The van der Waals surface area contributed by atoms with Crippen molar-refractivity contribution < 1.29 is 14.7 Å². The Labute approximate surface area is 118 Å². The third-order valence-electron chi connectivity index (χ3n) is 3.65. The van der Waals surface area contributed by atoms with E-state index in [2.05, 4.69) is 17.4 Å². The largest absolute Gasteiger partial charge is 0.480 e. The van der Waals surface area contributed by atoms with Crippen LogP contribution in [0.4, 0.5) is 0 Å². The molecule has 1 aliphatic heterocycles. The van der Waals surface area contributed by atoms with Crippen molar-refractivity contribution in [1.29, 1.82) is 0 Å². The average Bonchev–Trinajstić information content (AvgIpc) is 2.71. The van der Waals surface area contributed by atoms with Crippen LogP contribution in [0.2, 0.25) is 0 Å². The number of amides is 1. The summed E-state index contributed by atoms with van der Waals surface area (Å²) >= 11 is 0. The minimum Gasteiger partial charge on any atom is -0.480 e. The Balaban J connectivity index is 2.16. The van der Waals surface area contributed by atoms with Gasteiger partial charge in [-0.1, -0.05) is 29.8 Å². The average molecular weight is 276 g/mol. The first-order valence-corrected chi connectivity index (χ1v) is 6.73. The van der Waals surface area contributed by atoms with Crippen molar-refractivity contribution in [2.45, 2.75) is 25.8 Å². The molecule has 5 heteroatoms. The van der Waals surface area contributed by atoms with Crippen LogP contribution in [-0.4, -0.2) is 47.6 Å². The number of hydrogen-bond acceptors (Lipinski definition) is 3. The molecule has 1 aromatic rings. The van der Waals surface area contributed by atoms with Gasteiger partial charge < -0.3 is 10.4 Å². The Morgan fingerprint density at radius 2 is 1.95 bits per heavy atom. The highest BCUT2D eigenvalue weighted by Gasteiger charge is 2.34. The highest BCUT2D eigenvalue weighted by atomic mass is 16.4. The molecule has 1 amide bonds. The van der Waals surface area contributed by atoms with Crippen LogP contribution in [-0.2, 0) is 9.59 Å². The fourth-order valence-electron chi connectivity index (χ4n) is 2.76. The van der Waals surface area contributed by atoms with E-state index in [1.165, 1.54) is 12.5 Å². The predicted octanol–water partition coefficient (Wildman–Crippen LogP) is 0.984. The maximum atomic E-state index is 11.3. The van der Waals surface area contributed by atoms with Gasteiger partial charge in [0.15, 0.2) is 0 Å². The molecule has 0 saturated carbocycles. The molecule has 5 nitrogen and oxygen atoms in total. The molecular formula is C15H20N2O3. The second-order valence-corrected chi connectivity index (χ2v) is 5.41. The summed E-state index contributed by atoms with van der Waals surface area (Å²) in [5.74, 6) is -0.778. The van der Waals surface area contributed by atoms with Crippen LogP contribution in [0.5, 0.6) is 0 Å². The van der Waals surface area contributed by atoms with Crippen molar-refractivity contribution in [2.24, 2.45) is 0 Å². The second kappa shape index (κ2) is 6.05. The van der Waals surface area contributed by atoms with Crippen LogP contribution in [0.25, 0.3) is 0 Å². The summed E-state index contributed by atoms with van der Waals surface area (Å²) in [4.78, 5) is 24.0. The molecule has 1 saturated heterocycles. The number of aryl methyl sites for hydroxylation is 1. The summed E-state index contributed by atoms with van der Waals surface area (Å²) in [6.07, 6.45) is 0. The van der Waals surface area contributed by atoms with E-state index in [4.69, 9.17) is 5.11 Å². The quantitative estimate of drug-likeness (QED) is 0.860. The molecular weight excluding hydrogens is 256 g/mol. The highest BCUT2D eigenvalue weighted by Crippen LogP contribution is 2.27. The molecule has 0 aromatic heterocycles. The van der Waals surface area contributed by atoms with Gasteiger partial charge in [0.2, 0.25) is 5.91 Å². The zero-order valence-electron chi connectivity index (χ0n) is 11.8. The molecule has 1 aliphatic rings. The number of nitrogens with one attached hydrogen (secondary N) is 1. The SMILES string of the molecule is CC(=O)N[C@@H]1CN(CC(=O)O)C[C@H]1c1ccc(C)cc1. The molecule has 108 valence electrons. The summed E-state index contributed by atoms with van der Waals surface area (Å²) in [5.41, 5.74) is 2.33. The molecule has 1 fully saturated rings. The molecule has 2 atom stereocenters. The van der Waals surface area contributed by atoms with Gasteiger partial charge in [-0.3, -0.25) is 14.5 Å². The van der Waals surface area contributed by atoms with E-state index in [1.807, 2.05) is 24.0 Å². The second-order valence-electron chi connectivity index (χ2n) is 5.41. The first kappa shape index (κ1) is 14.5. The minimum absolute atomic E-state index is 0.0123. The Kier molecular flexibility index (Phi) is 4.39. The van der Waals surface area contributed by atoms with Crippen molar-refractivity contribution in [3.05, 3.63) is 35.4 Å². The number of likely N-dealkylation sites (tertiary alicyclic amines) is 1. The lowest BCUT2D eigenvalue weighted by Crippen LogP contribution is -2.39. The monoisotopic (exact) mass is 276 g/mol. The number of nitrogens with zero attached hydrogens (tertiary/aromatic N) is 1. The van der Waals surface area contributed by atoms with Gasteiger partial charge in [-0.15, -0.1) is 0 Å². The first-order valence-electron chi connectivity index (χ1n) is 6.73. The lowest BCUT2D eigenvalue weighted by Gasteiger charge is -2.19. The number of carboxylic acid groups (broad SMARTS) is 1. The van der Waals surface area contributed by atoms with E-state index in [-0.39, 0.29) is 24.4 Å². The lowest BCUT2D eigenvalue weighted by atomic mass is 9.93. The summed E-state index contributed by atoms with van der Waals surface area (Å²) in [5, 5.41) is 11.8. The zero-order chi connectivity index (χ0) is 14.7. The maximum absolute atomic E-state index is 11.3. The van der Waals surface area contributed by atoms with E-state index in [0.717, 1.165) is 5.56 Å².